The molecule has 1 amide bonds. The Morgan fingerprint density at radius 1 is 1.15 bits per heavy atom. The lowest BCUT2D eigenvalue weighted by molar-refractivity contribution is 0.0499. The molecule has 0 aliphatic carbocycles. The summed E-state index contributed by atoms with van der Waals surface area (Å²) in [5, 5.41) is 2.81. The minimum absolute atomic E-state index is 0.294. The second-order valence-corrected chi connectivity index (χ2v) is 6.20. The van der Waals surface area contributed by atoms with Crippen molar-refractivity contribution in [3.05, 3.63) is 53.6 Å². The van der Waals surface area contributed by atoms with E-state index in [0.29, 0.717) is 29.1 Å². The lowest BCUT2D eigenvalue weighted by atomic mass is 10.1. The first-order valence-corrected chi connectivity index (χ1v) is 8.57. The molecule has 0 aromatic heterocycles. The van der Waals surface area contributed by atoms with Gasteiger partial charge < -0.3 is 20.7 Å². The Balaban J connectivity index is 2.16. The molecule has 138 valence electrons. The van der Waals surface area contributed by atoms with Crippen LogP contribution in [-0.4, -0.2) is 32.6 Å². The van der Waals surface area contributed by atoms with Crippen molar-refractivity contribution in [1.82, 2.24) is 0 Å². The third-order valence-corrected chi connectivity index (χ3v) is 3.83. The van der Waals surface area contributed by atoms with Crippen molar-refractivity contribution >= 4 is 28.9 Å². The summed E-state index contributed by atoms with van der Waals surface area (Å²) in [5.41, 5.74) is 8.47. The van der Waals surface area contributed by atoms with E-state index in [1.165, 1.54) is 0 Å². The zero-order valence-corrected chi connectivity index (χ0v) is 15.4. The standard InChI is InChI=1S/C20H25N3O3/c1-4-5-11-26-20(25)14-7-6-8-16(12-14)22-19(24)17-13-15(21)9-10-18(17)23(2)3/h6-10,12-13H,4-5,11,21H2,1-3H3,(H,22,24). The number of carbonyl (C=O) groups is 2. The van der Waals surface area contributed by atoms with Crippen LogP contribution in [0.1, 0.15) is 40.5 Å². The van der Waals surface area contributed by atoms with Crippen LogP contribution in [0.15, 0.2) is 42.5 Å². The number of amides is 1. The van der Waals surface area contributed by atoms with Crippen LogP contribution in [0, 0.1) is 0 Å². The normalized spacial score (nSPS) is 10.3. The average molecular weight is 355 g/mol. The molecule has 0 saturated carbocycles. The maximum atomic E-state index is 12.7. The molecule has 0 atom stereocenters. The maximum Gasteiger partial charge on any atom is 0.338 e. The number of carbonyl (C=O) groups excluding carboxylic acids is 2. The van der Waals surface area contributed by atoms with Gasteiger partial charge in [-0.1, -0.05) is 19.4 Å². The Hall–Kier alpha value is -3.02. The fourth-order valence-electron chi connectivity index (χ4n) is 2.44. The third kappa shape index (κ3) is 4.99. The predicted molar refractivity (Wildman–Crippen MR) is 105 cm³/mol. The minimum atomic E-state index is -0.396. The monoisotopic (exact) mass is 355 g/mol. The van der Waals surface area contributed by atoms with Crippen molar-refractivity contribution in [2.24, 2.45) is 0 Å². The van der Waals surface area contributed by atoms with Gasteiger partial charge in [0.15, 0.2) is 0 Å². The molecule has 0 bridgehead atoms. The average Bonchev–Trinajstić information content (AvgIpc) is 2.61. The number of unbranched alkanes of at least 4 members (excludes halogenated alkanes) is 1. The molecular weight excluding hydrogens is 330 g/mol. The number of ether oxygens (including phenoxy) is 1. The lowest BCUT2D eigenvalue weighted by Gasteiger charge is -2.17. The fraction of sp³-hybridized carbons (Fsp3) is 0.300. The van der Waals surface area contributed by atoms with Crippen LogP contribution in [-0.2, 0) is 4.74 Å². The summed E-state index contributed by atoms with van der Waals surface area (Å²) in [6, 6.07) is 11.9. The zero-order valence-electron chi connectivity index (χ0n) is 15.4. The summed E-state index contributed by atoms with van der Waals surface area (Å²) in [6.07, 6.45) is 1.78. The van der Waals surface area contributed by atoms with E-state index in [-0.39, 0.29) is 5.91 Å². The molecule has 6 nitrogen and oxygen atoms in total. The highest BCUT2D eigenvalue weighted by molar-refractivity contribution is 6.09. The summed E-state index contributed by atoms with van der Waals surface area (Å²) >= 11 is 0. The molecule has 0 aliphatic rings. The van der Waals surface area contributed by atoms with E-state index in [2.05, 4.69) is 5.32 Å². The van der Waals surface area contributed by atoms with E-state index in [1.807, 2.05) is 25.9 Å². The number of anilines is 3. The first kappa shape index (κ1) is 19.3. The number of hydrogen-bond donors (Lipinski definition) is 2. The lowest BCUT2D eigenvalue weighted by Crippen LogP contribution is -2.19. The van der Waals surface area contributed by atoms with Crippen LogP contribution < -0.4 is 16.0 Å². The van der Waals surface area contributed by atoms with Gasteiger partial charge in [0.2, 0.25) is 0 Å². The molecule has 2 aromatic rings. The van der Waals surface area contributed by atoms with Crippen molar-refractivity contribution in [1.29, 1.82) is 0 Å². The molecule has 2 aromatic carbocycles. The van der Waals surface area contributed by atoms with Gasteiger partial charge in [-0.2, -0.15) is 0 Å². The molecule has 3 N–H and O–H groups in total. The molecule has 0 unspecified atom stereocenters. The van der Waals surface area contributed by atoms with Gasteiger partial charge in [-0.3, -0.25) is 4.79 Å². The Kier molecular flexibility index (Phi) is 6.60. The van der Waals surface area contributed by atoms with E-state index in [4.69, 9.17) is 10.5 Å². The number of nitrogen functional groups attached to an aromatic ring is 1. The Morgan fingerprint density at radius 3 is 2.62 bits per heavy atom. The summed E-state index contributed by atoms with van der Waals surface area (Å²) in [4.78, 5) is 26.6. The van der Waals surface area contributed by atoms with Crippen LogP contribution >= 0.6 is 0 Å². The van der Waals surface area contributed by atoms with Crippen molar-refractivity contribution in [2.75, 3.05) is 36.7 Å². The Bertz CT molecular complexity index is 788. The summed E-state index contributed by atoms with van der Waals surface area (Å²) < 4.78 is 5.20. The van der Waals surface area contributed by atoms with Crippen LogP contribution in [0.25, 0.3) is 0 Å². The van der Waals surface area contributed by atoms with Crippen LogP contribution in [0.3, 0.4) is 0 Å². The molecular formula is C20H25N3O3. The Morgan fingerprint density at radius 2 is 1.92 bits per heavy atom. The first-order chi connectivity index (χ1) is 12.4. The van der Waals surface area contributed by atoms with E-state index < -0.39 is 5.97 Å². The number of nitrogens with two attached hydrogens (primary N) is 1. The third-order valence-electron chi connectivity index (χ3n) is 3.83. The number of hydrogen-bond acceptors (Lipinski definition) is 5. The second-order valence-electron chi connectivity index (χ2n) is 6.20. The highest BCUT2D eigenvalue weighted by atomic mass is 16.5. The highest BCUT2D eigenvalue weighted by Crippen LogP contribution is 2.23. The summed E-state index contributed by atoms with van der Waals surface area (Å²) in [6.45, 7) is 2.42. The molecule has 0 heterocycles. The van der Waals surface area contributed by atoms with Gasteiger partial charge >= 0.3 is 5.97 Å². The van der Waals surface area contributed by atoms with Crippen molar-refractivity contribution < 1.29 is 14.3 Å². The molecule has 2 rings (SSSR count). The van der Waals surface area contributed by atoms with Gasteiger partial charge in [-0.15, -0.1) is 0 Å². The predicted octanol–water partition coefficient (Wildman–Crippen LogP) is 3.54. The van der Waals surface area contributed by atoms with E-state index in [1.54, 1.807) is 42.5 Å². The minimum Gasteiger partial charge on any atom is -0.462 e. The van der Waals surface area contributed by atoms with Gasteiger partial charge in [-0.05, 0) is 42.8 Å². The van der Waals surface area contributed by atoms with Crippen molar-refractivity contribution in [2.45, 2.75) is 19.8 Å². The van der Waals surface area contributed by atoms with E-state index in [0.717, 1.165) is 18.5 Å². The number of rotatable bonds is 7. The maximum absolute atomic E-state index is 12.7. The smallest absolute Gasteiger partial charge is 0.338 e. The number of nitrogens with one attached hydrogen (secondary N) is 1. The van der Waals surface area contributed by atoms with Crippen LogP contribution in [0.4, 0.5) is 17.1 Å². The Labute approximate surface area is 153 Å². The molecule has 0 saturated heterocycles. The molecule has 26 heavy (non-hydrogen) atoms. The van der Waals surface area contributed by atoms with Crippen molar-refractivity contribution in [3.8, 4) is 0 Å². The largest absolute Gasteiger partial charge is 0.462 e. The topological polar surface area (TPSA) is 84.7 Å². The number of esters is 1. The van der Waals surface area contributed by atoms with Gasteiger partial charge in [0.1, 0.15) is 0 Å². The summed E-state index contributed by atoms with van der Waals surface area (Å²) in [5.74, 6) is -0.690. The number of benzene rings is 2. The van der Waals surface area contributed by atoms with Crippen LogP contribution in [0.5, 0.6) is 0 Å². The van der Waals surface area contributed by atoms with Gasteiger partial charge in [0.25, 0.3) is 5.91 Å². The van der Waals surface area contributed by atoms with Gasteiger partial charge in [0, 0.05) is 31.2 Å². The molecule has 0 fully saturated rings. The van der Waals surface area contributed by atoms with Gasteiger partial charge in [0.05, 0.1) is 17.7 Å². The highest BCUT2D eigenvalue weighted by Gasteiger charge is 2.15. The SMILES string of the molecule is CCCCOC(=O)c1cccc(NC(=O)c2cc(N)ccc2N(C)C)c1. The zero-order chi connectivity index (χ0) is 19.1. The quantitative estimate of drug-likeness (QED) is 0.451. The van der Waals surface area contributed by atoms with E-state index >= 15 is 0 Å². The van der Waals surface area contributed by atoms with E-state index in [9.17, 15) is 9.59 Å². The second kappa shape index (κ2) is 8.89. The molecule has 0 radical (unpaired) electrons. The summed E-state index contributed by atoms with van der Waals surface area (Å²) in [7, 11) is 3.71. The fourth-order valence-corrected chi connectivity index (χ4v) is 2.44. The van der Waals surface area contributed by atoms with Crippen LogP contribution in [0.2, 0.25) is 0 Å². The first-order valence-electron chi connectivity index (χ1n) is 8.57. The van der Waals surface area contributed by atoms with Crippen molar-refractivity contribution in [3.63, 3.8) is 0 Å². The molecule has 6 heteroatoms. The molecule has 0 aliphatic heterocycles. The van der Waals surface area contributed by atoms with Gasteiger partial charge in [-0.25, -0.2) is 4.79 Å². The number of nitrogens with zero attached hydrogens (tertiary/aromatic N) is 1. The molecule has 0 spiro atoms.